The quantitative estimate of drug-likeness (QED) is 0.711. The van der Waals surface area contributed by atoms with Crippen LogP contribution in [0.25, 0.3) is 0 Å². The Morgan fingerprint density at radius 3 is 2.40 bits per heavy atom. The lowest BCUT2D eigenvalue weighted by Crippen LogP contribution is -2.40. The van der Waals surface area contributed by atoms with Crippen molar-refractivity contribution in [3.63, 3.8) is 0 Å². The average Bonchev–Trinajstić information content (AvgIpc) is 2.44. The third kappa shape index (κ3) is 5.01. The van der Waals surface area contributed by atoms with Crippen molar-refractivity contribution in [2.24, 2.45) is 11.7 Å². The summed E-state index contributed by atoms with van der Waals surface area (Å²) in [7, 11) is 0. The number of rotatable bonds is 7. The second kappa shape index (κ2) is 7.65. The van der Waals surface area contributed by atoms with E-state index in [1.807, 2.05) is 26.0 Å². The van der Waals surface area contributed by atoms with Crippen molar-refractivity contribution in [3.8, 4) is 0 Å². The minimum Gasteiger partial charge on any atom is -0.481 e. The van der Waals surface area contributed by atoms with E-state index in [2.05, 4.69) is 5.32 Å². The Morgan fingerprint density at radius 2 is 1.90 bits per heavy atom. The molecule has 5 heteroatoms. The first-order valence-corrected chi connectivity index (χ1v) is 6.81. The zero-order valence-electron chi connectivity index (χ0n) is 11.9. The van der Waals surface area contributed by atoms with Gasteiger partial charge >= 0.3 is 5.97 Å². The van der Waals surface area contributed by atoms with Gasteiger partial charge in [0.25, 0.3) is 0 Å². The lowest BCUT2D eigenvalue weighted by molar-refractivity contribution is -0.137. The first-order chi connectivity index (χ1) is 9.43. The minimum absolute atomic E-state index is 0.102. The van der Waals surface area contributed by atoms with Crippen LogP contribution in [0.2, 0.25) is 0 Å². The Bertz CT molecular complexity index is 457. The van der Waals surface area contributed by atoms with Crippen LogP contribution in [0.4, 0.5) is 5.69 Å². The molecule has 1 aromatic rings. The number of nitrogens with two attached hydrogens (primary N) is 1. The Hall–Kier alpha value is -1.88. The molecule has 1 amide bonds. The number of hydrogen-bond acceptors (Lipinski definition) is 3. The summed E-state index contributed by atoms with van der Waals surface area (Å²) in [6.07, 6.45) is 1.43. The van der Waals surface area contributed by atoms with E-state index >= 15 is 0 Å². The van der Waals surface area contributed by atoms with Gasteiger partial charge in [-0.05, 0) is 30.0 Å². The molecule has 0 bridgehead atoms. The van der Waals surface area contributed by atoms with Crippen LogP contribution in [-0.2, 0) is 16.0 Å². The number of aliphatic carboxylic acids is 1. The van der Waals surface area contributed by atoms with E-state index in [9.17, 15) is 9.59 Å². The van der Waals surface area contributed by atoms with Gasteiger partial charge in [0.1, 0.15) is 0 Å². The molecule has 4 N–H and O–H groups in total. The van der Waals surface area contributed by atoms with E-state index in [-0.39, 0.29) is 18.2 Å². The molecule has 0 saturated carbocycles. The van der Waals surface area contributed by atoms with Gasteiger partial charge in [-0.25, -0.2) is 0 Å². The maximum Gasteiger partial charge on any atom is 0.303 e. The van der Waals surface area contributed by atoms with Crippen molar-refractivity contribution in [1.82, 2.24) is 0 Å². The smallest absolute Gasteiger partial charge is 0.303 e. The minimum atomic E-state index is -0.818. The molecule has 0 unspecified atom stereocenters. The molecule has 1 aromatic carbocycles. The summed E-state index contributed by atoms with van der Waals surface area (Å²) in [5.41, 5.74) is 7.45. The highest BCUT2D eigenvalue weighted by Gasteiger charge is 2.19. The van der Waals surface area contributed by atoms with E-state index < -0.39 is 12.0 Å². The van der Waals surface area contributed by atoms with Gasteiger partial charge in [0.15, 0.2) is 0 Å². The Balaban J connectivity index is 2.56. The number of carbonyl (C=O) groups is 2. The Morgan fingerprint density at radius 1 is 1.30 bits per heavy atom. The zero-order valence-corrected chi connectivity index (χ0v) is 11.9. The molecule has 1 rings (SSSR count). The van der Waals surface area contributed by atoms with Crippen LogP contribution in [0.15, 0.2) is 24.3 Å². The molecule has 0 spiro atoms. The standard InChI is InChI=1S/C15H22N2O3/c1-3-10(2)14(16)15(20)17-12-7-4-11(5-8-12)6-9-13(18)19/h4-5,7-8,10,14H,3,6,9,16H2,1-2H3,(H,17,20)(H,18,19)/t10-,14-/m0/s1. The van der Waals surface area contributed by atoms with Crippen LogP contribution in [0.3, 0.4) is 0 Å². The van der Waals surface area contributed by atoms with Crippen molar-refractivity contribution in [2.75, 3.05) is 5.32 Å². The van der Waals surface area contributed by atoms with Gasteiger partial charge in [-0.2, -0.15) is 0 Å². The molecule has 0 aliphatic rings. The molecule has 0 aliphatic carbocycles. The molecular formula is C15H22N2O3. The molecule has 0 aromatic heterocycles. The second-order valence-corrected chi connectivity index (χ2v) is 4.99. The van der Waals surface area contributed by atoms with E-state index in [0.29, 0.717) is 12.1 Å². The maximum absolute atomic E-state index is 11.9. The van der Waals surface area contributed by atoms with Crippen molar-refractivity contribution in [1.29, 1.82) is 0 Å². The summed E-state index contributed by atoms with van der Waals surface area (Å²) in [4.78, 5) is 22.4. The molecule has 0 radical (unpaired) electrons. The SMILES string of the molecule is CC[C@H](C)[C@H](N)C(=O)Nc1ccc(CCC(=O)O)cc1. The molecule has 0 saturated heterocycles. The number of amides is 1. The Labute approximate surface area is 119 Å². The monoisotopic (exact) mass is 278 g/mol. The van der Waals surface area contributed by atoms with Crippen LogP contribution in [0, 0.1) is 5.92 Å². The lowest BCUT2D eigenvalue weighted by Gasteiger charge is -2.17. The van der Waals surface area contributed by atoms with Gasteiger partial charge in [0.05, 0.1) is 6.04 Å². The van der Waals surface area contributed by atoms with Crippen LogP contribution < -0.4 is 11.1 Å². The molecule has 5 nitrogen and oxygen atoms in total. The number of aryl methyl sites for hydroxylation is 1. The van der Waals surface area contributed by atoms with Crippen molar-refractivity contribution >= 4 is 17.6 Å². The number of carboxylic acids is 1. The molecule has 110 valence electrons. The van der Waals surface area contributed by atoms with Crippen molar-refractivity contribution in [3.05, 3.63) is 29.8 Å². The van der Waals surface area contributed by atoms with Gasteiger partial charge in [0, 0.05) is 12.1 Å². The van der Waals surface area contributed by atoms with Crippen LogP contribution in [-0.4, -0.2) is 23.0 Å². The fourth-order valence-corrected chi connectivity index (χ4v) is 1.74. The fourth-order valence-electron chi connectivity index (χ4n) is 1.74. The van der Waals surface area contributed by atoms with Crippen LogP contribution >= 0.6 is 0 Å². The summed E-state index contributed by atoms with van der Waals surface area (Å²) in [6.45, 7) is 3.94. The molecule has 0 heterocycles. The number of nitrogens with one attached hydrogen (secondary N) is 1. The van der Waals surface area contributed by atoms with Gasteiger partial charge in [-0.15, -0.1) is 0 Å². The van der Waals surface area contributed by atoms with Gasteiger partial charge in [-0.1, -0.05) is 32.4 Å². The molecular weight excluding hydrogens is 256 g/mol. The fraction of sp³-hybridized carbons (Fsp3) is 0.467. The van der Waals surface area contributed by atoms with Crippen LogP contribution in [0.1, 0.15) is 32.3 Å². The van der Waals surface area contributed by atoms with E-state index in [4.69, 9.17) is 10.8 Å². The van der Waals surface area contributed by atoms with Gasteiger partial charge in [0.2, 0.25) is 5.91 Å². The third-order valence-corrected chi connectivity index (χ3v) is 3.41. The first-order valence-electron chi connectivity index (χ1n) is 6.81. The Kier molecular flexibility index (Phi) is 6.18. The van der Waals surface area contributed by atoms with Crippen molar-refractivity contribution in [2.45, 2.75) is 39.2 Å². The first kappa shape index (κ1) is 16.2. The summed E-state index contributed by atoms with van der Waals surface area (Å²) in [5, 5.41) is 11.4. The molecule has 2 atom stereocenters. The topological polar surface area (TPSA) is 92.4 Å². The number of carbonyl (C=O) groups excluding carboxylic acids is 1. The largest absolute Gasteiger partial charge is 0.481 e. The lowest BCUT2D eigenvalue weighted by atomic mass is 9.99. The normalized spacial score (nSPS) is 13.6. The molecule has 0 aliphatic heterocycles. The highest BCUT2D eigenvalue weighted by molar-refractivity contribution is 5.94. The number of anilines is 1. The van der Waals surface area contributed by atoms with E-state index in [1.54, 1.807) is 12.1 Å². The number of hydrogen-bond donors (Lipinski definition) is 3. The number of carboxylic acid groups (broad SMARTS) is 1. The van der Waals surface area contributed by atoms with E-state index in [0.717, 1.165) is 12.0 Å². The molecule has 0 fully saturated rings. The number of benzene rings is 1. The van der Waals surface area contributed by atoms with E-state index in [1.165, 1.54) is 0 Å². The summed E-state index contributed by atoms with van der Waals surface area (Å²) < 4.78 is 0. The molecule has 20 heavy (non-hydrogen) atoms. The maximum atomic E-state index is 11.9. The summed E-state index contributed by atoms with van der Waals surface area (Å²) >= 11 is 0. The van der Waals surface area contributed by atoms with Gasteiger partial charge < -0.3 is 16.2 Å². The predicted octanol–water partition coefficient (Wildman–Crippen LogP) is 2.02. The summed E-state index contributed by atoms with van der Waals surface area (Å²) in [5.74, 6) is -0.885. The van der Waals surface area contributed by atoms with Crippen molar-refractivity contribution < 1.29 is 14.7 Å². The highest BCUT2D eigenvalue weighted by Crippen LogP contribution is 2.13. The average molecular weight is 278 g/mol. The zero-order chi connectivity index (χ0) is 15.1. The third-order valence-electron chi connectivity index (χ3n) is 3.41. The predicted molar refractivity (Wildman–Crippen MR) is 78.5 cm³/mol. The summed E-state index contributed by atoms with van der Waals surface area (Å²) in [6, 6.07) is 6.63. The van der Waals surface area contributed by atoms with Gasteiger partial charge in [-0.3, -0.25) is 9.59 Å². The highest BCUT2D eigenvalue weighted by atomic mass is 16.4. The second-order valence-electron chi connectivity index (χ2n) is 4.99. The van der Waals surface area contributed by atoms with Crippen LogP contribution in [0.5, 0.6) is 0 Å².